The van der Waals surface area contributed by atoms with E-state index in [1.165, 1.54) is 12.1 Å². The first-order valence-corrected chi connectivity index (χ1v) is 6.37. The van der Waals surface area contributed by atoms with Crippen LogP contribution in [0.2, 0.25) is 5.02 Å². The minimum atomic E-state index is -0.331. The average molecular weight is 280 g/mol. The first-order valence-electron chi connectivity index (χ1n) is 5.99. The maximum absolute atomic E-state index is 13.6. The van der Waals surface area contributed by atoms with Gasteiger partial charge < -0.3 is 10.5 Å². The van der Waals surface area contributed by atoms with Crippen molar-refractivity contribution in [1.29, 1.82) is 0 Å². The molecule has 0 amide bonds. The Morgan fingerprint density at radius 1 is 1.26 bits per heavy atom. The quantitative estimate of drug-likeness (QED) is 0.915. The summed E-state index contributed by atoms with van der Waals surface area (Å²) >= 11 is 5.84. The topological polar surface area (TPSA) is 35.2 Å². The molecule has 2 N–H and O–H groups in total. The maximum Gasteiger partial charge on any atom is 0.129 e. The minimum absolute atomic E-state index is 0.121. The molecule has 2 aromatic carbocycles. The Labute approximate surface area is 117 Å². The third-order valence-corrected chi connectivity index (χ3v) is 3.04. The predicted molar refractivity (Wildman–Crippen MR) is 74.8 cm³/mol. The molecular weight excluding hydrogens is 265 g/mol. The lowest BCUT2D eigenvalue weighted by Crippen LogP contribution is -2.08. The van der Waals surface area contributed by atoms with Crippen LogP contribution in [0.4, 0.5) is 4.39 Å². The normalized spacial score (nSPS) is 12.2. The molecule has 0 bridgehead atoms. The van der Waals surface area contributed by atoms with Gasteiger partial charge >= 0.3 is 0 Å². The Hall–Kier alpha value is -1.58. The fourth-order valence-corrected chi connectivity index (χ4v) is 1.99. The van der Waals surface area contributed by atoms with E-state index in [2.05, 4.69) is 0 Å². The molecule has 0 spiro atoms. The van der Waals surface area contributed by atoms with E-state index < -0.39 is 0 Å². The molecule has 0 aliphatic heterocycles. The van der Waals surface area contributed by atoms with Crippen molar-refractivity contribution >= 4 is 11.6 Å². The first kappa shape index (κ1) is 13.8. The summed E-state index contributed by atoms with van der Waals surface area (Å²) in [6.07, 6.45) is 0. The molecule has 0 heterocycles. The van der Waals surface area contributed by atoms with E-state index in [0.29, 0.717) is 16.3 Å². The lowest BCUT2D eigenvalue weighted by Gasteiger charge is -2.14. The molecule has 0 unspecified atom stereocenters. The van der Waals surface area contributed by atoms with E-state index in [-0.39, 0.29) is 18.5 Å². The van der Waals surface area contributed by atoms with Gasteiger partial charge in [0, 0.05) is 22.2 Å². The van der Waals surface area contributed by atoms with E-state index in [4.69, 9.17) is 22.1 Å². The molecular formula is C15H15ClFNO. The average Bonchev–Trinajstić information content (AvgIpc) is 2.40. The number of hydrogen-bond donors (Lipinski definition) is 1. The van der Waals surface area contributed by atoms with Crippen LogP contribution < -0.4 is 10.5 Å². The molecule has 100 valence electrons. The van der Waals surface area contributed by atoms with Crippen molar-refractivity contribution in [1.82, 2.24) is 0 Å². The lowest BCUT2D eigenvalue weighted by molar-refractivity contribution is 0.295. The van der Waals surface area contributed by atoms with E-state index in [9.17, 15) is 4.39 Å². The highest BCUT2D eigenvalue weighted by atomic mass is 35.5. The van der Waals surface area contributed by atoms with Crippen LogP contribution in [0.1, 0.15) is 24.1 Å². The van der Waals surface area contributed by atoms with Gasteiger partial charge in [0.1, 0.15) is 18.2 Å². The van der Waals surface area contributed by atoms with E-state index in [1.807, 2.05) is 31.2 Å². The molecule has 0 aliphatic rings. The second-order valence-corrected chi connectivity index (χ2v) is 4.79. The lowest BCUT2D eigenvalue weighted by atomic mass is 10.1. The summed E-state index contributed by atoms with van der Waals surface area (Å²) in [6.45, 7) is 2.00. The van der Waals surface area contributed by atoms with Crippen LogP contribution >= 0.6 is 11.6 Å². The second kappa shape index (κ2) is 6.04. The highest BCUT2D eigenvalue weighted by molar-refractivity contribution is 6.30. The first-order chi connectivity index (χ1) is 9.08. The molecule has 0 saturated heterocycles. The summed E-state index contributed by atoms with van der Waals surface area (Å²) < 4.78 is 19.2. The van der Waals surface area contributed by atoms with Crippen LogP contribution in [-0.4, -0.2) is 0 Å². The van der Waals surface area contributed by atoms with Crippen molar-refractivity contribution < 1.29 is 9.13 Å². The molecule has 0 saturated carbocycles. The Kier molecular flexibility index (Phi) is 4.40. The monoisotopic (exact) mass is 279 g/mol. The third kappa shape index (κ3) is 3.46. The Morgan fingerprint density at radius 2 is 2.00 bits per heavy atom. The van der Waals surface area contributed by atoms with Crippen molar-refractivity contribution in [2.75, 3.05) is 0 Å². The van der Waals surface area contributed by atoms with E-state index in [1.54, 1.807) is 6.07 Å². The SMILES string of the molecule is C[C@H](N)c1ccccc1OCc1cc(Cl)ccc1F. The molecule has 1 atom stereocenters. The van der Waals surface area contributed by atoms with Gasteiger partial charge in [0.15, 0.2) is 0 Å². The van der Waals surface area contributed by atoms with Crippen LogP contribution in [0, 0.1) is 5.82 Å². The maximum atomic E-state index is 13.6. The van der Waals surface area contributed by atoms with Gasteiger partial charge in [-0.2, -0.15) is 0 Å². The van der Waals surface area contributed by atoms with Crippen molar-refractivity contribution in [3.05, 3.63) is 64.4 Å². The molecule has 0 fully saturated rings. The summed E-state index contributed by atoms with van der Waals surface area (Å²) in [5, 5.41) is 0.487. The molecule has 0 radical (unpaired) electrons. The van der Waals surface area contributed by atoms with Crippen LogP contribution in [0.15, 0.2) is 42.5 Å². The fraction of sp³-hybridized carbons (Fsp3) is 0.200. The molecule has 4 heteroatoms. The summed E-state index contributed by atoms with van der Waals surface area (Å²) in [4.78, 5) is 0. The molecule has 0 aliphatic carbocycles. The number of para-hydroxylation sites is 1. The minimum Gasteiger partial charge on any atom is -0.488 e. The summed E-state index contributed by atoms with van der Waals surface area (Å²) in [5.41, 5.74) is 7.18. The zero-order chi connectivity index (χ0) is 13.8. The number of ether oxygens (including phenoxy) is 1. The zero-order valence-corrected chi connectivity index (χ0v) is 11.3. The van der Waals surface area contributed by atoms with Crippen LogP contribution in [-0.2, 0) is 6.61 Å². The molecule has 2 rings (SSSR count). The van der Waals surface area contributed by atoms with Gasteiger partial charge in [0.05, 0.1) is 0 Å². The second-order valence-electron chi connectivity index (χ2n) is 4.35. The summed E-state index contributed by atoms with van der Waals surface area (Å²) in [5.74, 6) is 0.333. The fourth-order valence-electron chi connectivity index (χ4n) is 1.80. The van der Waals surface area contributed by atoms with Gasteiger partial charge in [-0.1, -0.05) is 29.8 Å². The van der Waals surface area contributed by atoms with Gasteiger partial charge in [0.25, 0.3) is 0 Å². The van der Waals surface area contributed by atoms with Gasteiger partial charge in [-0.05, 0) is 31.2 Å². The van der Waals surface area contributed by atoms with Crippen LogP contribution in [0.3, 0.4) is 0 Å². The Bertz CT molecular complexity index is 572. The largest absolute Gasteiger partial charge is 0.488 e. The molecule has 2 aromatic rings. The Morgan fingerprint density at radius 3 is 2.74 bits per heavy atom. The molecule has 2 nitrogen and oxygen atoms in total. The van der Waals surface area contributed by atoms with E-state index >= 15 is 0 Å². The van der Waals surface area contributed by atoms with Gasteiger partial charge in [-0.3, -0.25) is 0 Å². The number of hydrogen-bond acceptors (Lipinski definition) is 2. The van der Waals surface area contributed by atoms with Crippen molar-refractivity contribution in [2.45, 2.75) is 19.6 Å². The predicted octanol–water partition coefficient (Wildman–Crippen LogP) is 4.08. The smallest absolute Gasteiger partial charge is 0.129 e. The standard InChI is InChI=1S/C15H15ClFNO/c1-10(18)13-4-2-3-5-15(13)19-9-11-8-12(16)6-7-14(11)17/h2-8,10H,9,18H2,1H3/t10-/m0/s1. The van der Waals surface area contributed by atoms with Crippen LogP contribution in [0.25, 0.3) is 0 Å². The van der Waals surface area contributed by atoms with Crippen molar-refractivity contribution in [3.8, 4) is 5.75 Å². The number of nitrogens with two attached hydrogens (primary N) is 1. The number of halogens is 2. The highest BCUT2D eigenvalue weighted by Crippen LogP contribution is 2.25. The molecule has 19 heavy (non-hydrogen) atoms. The van der Waals surface area contributed by atoms with Crippen molar-refractivity contribution in [3.63, 3.8) is 0 Å². The Balaban J connectivity index is 2.17. The third-order valence-electron chi connectivity index (χ3n) is 2.80. The summed E-state index contributed by atoms with van der Waals surface area (Å²) in [6, 6.07) is 11.7. The molecule has 0 aromatic heterocycles. The number of benzene rings is 2. The van der Waals surface area contributed by atoms with Gasteiger partial charge in [-0.15, -0.1) is 0 Å². The zero-order valence-electron chi connectivity index (χ0n) is 10.6. The van der Waals surface area contributed by atoms with Gasteiger partial charge in [-0.25, -0.2) is 4.39 Å². The van der Waals surface area contributed by atoms with Gasteiger partial charge in [0.2, 0.25) is 0 Å². The summed E-state index contributed by atoms with van der Waals surface area (Å²) in [7, 11) is 0. The highest BCUT2D eigenvalue weighted by Gasteiger charge is 2.09. The van der Waals surface area contributed by atoms with Crippen molar-refractivity contribution in [2.24, 2.45) is 5.73 Å². The number of rotatable bonds is 4. The van der Waals surface area contributed by atoms with Crippen LogP contribution in [0.5, 0.6) is 5.75 Å². The van der Waals surface area contributed by atoms with E-state index in [0.717, 1.165) is 5.56 Å².